The molecule has 3 nitrogen and oxygen atoms in total. The normalized spacial score (nSPS) is 14.6. The molecule has 0 amide bonds. The highest BCUT2D eigenvalue weighted by Gasteiger charge is 2.40. The molecule has 3 aromatic rings. The molecule has 0 aliphatic heterocycles. The molecule has 0 saturated carbocycles. The van der Waals surface area contributed by atoms with Crippen molar-refractivity contribution < 1.29 is 9.16 Å². The van der Waals surface area contributed by atoms with Crippen LogP contribution in [0.2, 0.25) is 18.1 Å². The van der Waals surface area contributed by atoms with Crippen LogP contribution in [0, 0.1) is 17.2 Å². The average Bonchev–Trinajstić information content (AvgIpc) is 3.03. The third kappa shape index (κ3) is 9.50. The van der Waals surface area contributed by atoms with Crippen LogP contribution in [-0.4, -0.2) is 21.0 Å². The van der Waals surface area contributed by atoms with Gasteiger partial charge in [0.25, 0.3) is 0 Å². The monoisotopic (exact) mass is 719 g/mol. The summed E-state index contributed by atoms with van der Waals surface area (Å²) in [7, 11) is -1.99. The number of halogens is 1. The maximum atomic E-state index is 9.42. The Hall–Kier alpha value is -2.50. The van der Waals surface area contributed by atoms with E-state index < -0.39 is 13.9 Å². The topological polar surface area (TPSA) is 42.2 Å². The molecule has 0 heterocycles. The molecule has 0 fully saturated rings. The summed E-state index contributed by atoms with van der Waals surface area (Å²) in [6.45, 7) is 16.2. The van der Waals surface area contributed by atoms with Crippen LogP contribution in [0.15, 0.2) is 112 Å². The Kier molecular flexibility index (Phi) is 13.7. The van der Waals surface area contributed by atoms with Crippen LogP contribution in [0.4, 0.5) is 0 Å². The van der Waals surface area contributed by atoms with E-state index in [4.69, 9.17) is 9.16 Å². The SMILES string of the molecule is C/C(=C\I)[C@H](C/C=C(\CCC[C@H](C)C#N)COC(c1ccccc1)(c1ccccc1)c1ccccc1)O[Si](C)(C)C(C)(C)C. The van der Waals surface area contributed by atoms with Crippen LogP contribution >= 0.6 is 22.6 Å². The second-order valence-corrected chi connectivity index (χ2v) is 18.7. The summed E-state index contributed by atoms with van der Waals surface area (Å²) in [5, 5.41) is 9.54. The first-order valence-corrected chi connectivity index (χ1v) is 19.9. The predicted molar refractivity (Wildman–Crippen MR) is 196 cm³/mol. The Bertz CT molecular complexity index is 1290. The van der Waals surface area contributed by atoms with Gasteiger partial charge in [0.15, 0.2) is 8.32 Å². The lowest BCUT2D eigenvalue weighted by Crippen LogP contribution is -2.44. The van der Waals surface area contributed by atoms with Crippen molar-refractivity contribution in [3.8, 4) is 6.07 Å². The van der Waals surface area contributed by atoms with Crippen LogP contribution in [0.1, 0.15) is 77.0 Å². The van der Waals surface area contributed by atoms with Gasteiger partial charge in [-0.2, -0.15) is 5.26 Å². The van der Waals surface area contributed by atoms with E-state index in [0.29, 0.717) is 6.61 Å². The van der Waals surface area contributed by atoms with Gasteiger partial charge in [0, 0.05) is 5.92 Å². The van der Waals surface area contributed by atoms with Gasteiger partial charge in [-0.1, -0.05) is 140 Å². The lowest BCUT2D eigenvalue weighted by Gasteiger charge is -2.39. The van der Waals surface area contributed by atoms with Crippen molar-refractivity contribution in [3.63, 3.8) is 0 Å². The number of nitrogens with zero attached hydrogens (tertiary/aromatic N) is 1. The summed E-state index contributed by atoms with van der Waals surface area (Å²) in [6, 6.07) is 34.0. The van der Waals surface area contributed by atoms with Gasteiger partial charge in [0.1, 0.15) is 5.60 Å². The number of ether oxygens (including phenoxy) is 1. The van der Waals surface area contributed by atoms with Crippen molar-refractivity contribution in [1.82, 2.24) is 0 Å². The van der Waals surface area contributed by atoms with Crippen LogP contribution in [0.5, 0.6) is 0 Å². The molecule has 0 N–H and O–H groups in total. The van der Waals surface area contributed by atoms with E-state index in [9.17, 15) is 5.26 Å². The molecular formula is C39H50INO2Si. The van der Waals surface area contributed by atoms with E-state index in [-0.39, 0.29) is 17.1 Å². The quantitative estimate of drug-likeness (QED) is 0.0680. The molecule has 0 aromatic heterocycles. The third-order valence-corrected chi connectivity index (χ3v) is 14.4. The van der Waals surface area contributed by atoms with Crippen molar-refractivity contribution in [3.05, 3.63) is 129 Å². The number of hydrogen-bond acceptors (Lipinski definition) is 3. The smallest absolute Gasteiger partial charge is 0.192 e. The van der Waals surface area contributed by atoms with E-state index in [1.807, 2.05) is 6.92 Å². The van der Waals surface area contributed by atoms with Crippen LogP contribution in [0.25, 0.3) is 0 Å². The zero-order valence-corrected chi connectivity index (χ0v) is 30.8. The maximum Gasteiger partial charge on any atom is 0.192 e. The Morgan fingerprint density at radius 1 is 0.886 bits per heavy atom. The number of hydrogen-bond donors (Lipinski definition) is 0. The van der Waals surface area contributed by atoms with Gasteiger partial charge in [-0.3, -0.25) is 0 Å². The Morgan fingerprint density at radius 3 is 1.77 bits per heavy atom. The van der Waals surface area contributed by atoms with Gasteiger partial charge in [-0.15, -0.1) is 0 Å². The molecule has 44 heavy (non-hydrogen) atoms. The molecular weight excluding hydrogens is 669 g/mol. The van der Waals surface area contributed by atoms with Crippen molar-refractivity contribution >= 4 is 30.9 Å². The summed E-state index contributed by atoms with van der Waals surface area (Å²) < 4.78 is 16.3. The van der Waals surface area contributed by atoms with E-state index in [1.54, 1.807) is 0 Å². The van der Waals surface area contributed by atoms with Crippen molar-refractivity contribution in [1.29, 1.82) is 5.26 Å². The highest BCUT2D eigenvalue weighted by atomic mass is 127. The summed E-state index contributed by atoms with van der Waals surface area (Å²) in [5.74, 6) is 0.0353. The molecule has 0 saturated heterocycles. The minimum absolute atomic E-state index is 0.0166. The highest BCUT2D eigenvalue weighted by Crippen LogP contribution is 2.41. The first-order chi connectivity index (χ1) is 20.9. The highest BCUT2D eigenvalue weighted by molar-refractivity contribution is 14.1. The molecule has 0 aliphatic rings. The second kappa shape index (κ2) is 16.7. The first-order valence-electron chi connectivity index (χ1n) is 15.8. The van der Waals surface area contributed by atoms with Crippen LogP contribution in [0.3, 0.4) is 0 Å². The molecule has 0 spiro atoms. The van der Waals surface area contributed by atoms with Crippen molar-refractivity contribution in [2.45, 2.75) is 90.1 Å². The van der Waals surface area contributed by atoms with Gasteiger partial charge in [0.05, 0.1) is 18.8 Å². The van der Waals surface area contributed by atoms with E-state index in [2.05, 4.69) is 171 Å². The van der Waals surface area contributed by atoms with Gasteiger partial charge in [0.2, 0.25) is 0 Å². The molecule has 0 radical (unpaired) electrons. The summed E-state index contributed by atoms with van der Waals surface area (Å²) in [6.07, 6.45) is 5.84. The molecule has 2 atom stereocenters. The lowest BCUT2D eigenvalue weighted by molar-refractivity contribution is 0.0264. The Morgan fingerprint density at radius 2 is 1.36 bits per heavy atom. The second-order valence-electron chi connectivity index (χ2n) is 13.3. The molecule has 0 unspecified atom stereocenters. The fraction of sp³-hybridized carbons (Fsp3) is 0.410. The number of nitriles is 1. The standard InChI is InChI=1S/C39H50INO2Si/c1-31(29-41)18-17-19-33(26-27-37(32(2)28-40)43-44(6,7)38(3,4)5)30-42-39(34-20-11-8-12-21-34,35-22-13-9-14-23-35)36-24-15-10-16-25-36/h8-16,20-26,28,31,37H,17-19,27,30H2,1-7H3/b32-28+,33-26+/t31-,37-/m0/s1. The molecule has 3 rings (SSSR count). The van der Waals surface area contributed by atoms with E-state index in [0.717, 1.165) is 42.4 Å². The number of rotatable bonds is 15. The summed E-state index contributed by atoms with van der Waals surface area (Å²) in [4.78, 5) is 0. The van der Waals surface area contributed by atoms with E-state index >= 15 is 0 Å². The predicted octanol–water partition coefficient (Wildman–Crippen LogP) is 11.4. The molecule has 5 heteroatoms. The lowest BCUT2D eigenvalue weighted by atomic mass is 9.80. The van der Waals surface area contributed by atoms with Crippen molar-refractivity contribution in [2.24, 2.45) is 5.92 Å². The van der Waals surface area contributed by atoms with Gasteiger partial charge < -0.3 is 9.16 Å². The summed E-state index contributed by atoms with van der Waals surface area (Å²) >= 11 is 2.34. The average molecular weight is 720 g/mol. The molecule has 3 aromatic carbocycles. The van der Waals surface area contributed by atoms with Crippen molar-refractivity contribution in [2.75, 3.05) is 6.61 Å². The molecule has 0 bridgehead atoms. The molecule has 234 valence electrons. The minimum atomic E-state index is -1.99. The third-order valence-electron chi connectivity index (χ3n) is 8.91. The van der Waals surface area contributed by atoms with Gasteiger partial charge in [-0.05, 0) is 89.6 Å². The van der Waals surface area contributed by atoms with Gasteiger partial charge in [-0.25, -0.2) is 0 Å². The fourth-order valence-electron chi connectivity index (χ4n) is 5.11. The van der Waals surface area contributed by atoms with Crippen LogP contribution in [-0.2, 0) is 14.8 Å². The fourth-order valence-corrected chi connectivity index (χ4v) is 6.85. The van der Waals surface area contributed by atoms with Crippen LogP contribution < -0.4 is 0 Å². The summed E-state index contributed by atoms with van der Waals surface area (Å²) in [5.41, 5.74) is 5.00. The van der Waals surface area contributed by atoms with Gasteiger partial charge >= 0.3 is 0 Å². The number of benzene rings is 3. The maximum absolute atomic E-state index is 9.42. The largest absolute Gasteiger partial charge is 0.410 e. The van der Waals surface area contributed by atoms with E-state index in [1.165, 1.54) is 11.1 Å². The zero-order chi connectivity index (χ0) is 32.2. The minimum Gasteiger partial charge on any atom is -0.410 e. The first kappa shape index (κ1) is 36.0. The molecule has 0 aliphatic carbocycles. The zero-order valence-electron chi connectivity index (χ0n) is 27.6. The Balaban J connectivity index is 2.05. The Labute approximate surface area is 281 Å².